The van der Waals surface area contributed by atoms with E-state index in [4.69, 9.17) is 4.74 Å². The maximum Gasteiger partial charge on any atom is 0.100 e. The van der Waals surface area contributed by atoms with Gasteiger partial charge in [0.1, 0.15) is 6.73 Å². The summed E-state index contributed by atoms with van der Waals surface area (Å²) in [5, 5.41) is 2.87. The number of hydrogen-bond acceptors (Lipinski definition) is 3. The van der Waals surface area contributed by atoms with Gasteiger partial charge in [0.15, 0.2) is 0 Å². The molecule has 0 aromatic heterocycles. The molecule has 0 atom stereocenters. The Morgan fingerprint density at radius 2 is 2.12 bits per heavy atom. The minimum absolute atomic E-state index is 0.623. The molecular formula is C5H14N2O. The van der Waals surface area contributed by atoms with Crippen LogP contribution in [0, 0.1) is 0 Å². The molecule has 0 aliphatic carbocycles. The van der Waals surface area contributed by atoms with Crippen LogP contribution in [0.3, 0.4) is 0 Å². The van der Waals surface area contributed by atoms with Gasteiger partial charge in [0.25, 0.3) is 0 Å². The highest BCUT2D eigenvalue weighted by Crippen LogP contribution is 1.73. The Labute approximate surface area is 50.6 Å². The van der Waals surface area contributed by atoms with E-state index in [0.29, 0.717) is 13.5 Å². The van der Waals surface area contributed by atoms with Crippen molar-refractivity contribution in [2.45, 2.75) is 0 Å². The summed E-state index contributed by atoms with van der Waals surface area (Å²) in [6.07, 6.45) is 0. The number of hydrogen-bond donors (Lipinski definition) is 1. The topological polar surface area (TPSA) is 24.5 Å². The Kier molecular flexibility index (Phi) is 4.95. The van der Waals surface area contributed by atoms with E-state index >= 15 is 0 Å². The number of rotatable bonds is 4. The fourth-order valence-electron chi connectivity index (χ4n) is 0.330. The number of nitrogens with one attached hydrogen (secondary N) is 1. The third-order valence-corrected chi connectivity index (χ3v) is 0.596. The molecule has 0 heterocycles. The van der Waals surface area contributed by atoms with E-state index in [2.05, 4.69) is 5.32 Å². The van der Waals surface area contributed by atoms with Crippen molar-refractivity contribution in [1.82, 2.24) is 10.2 Å². The van der Waals surface area contributed by atoms with Crippen LogP contribution >= 0.6 is 0 Å². The lowest BCUT2D eigenvalue weighted by atomic mass is 10.9. The van der Waals surface area contributed by atoms with E-state index in [-0.39, 0.29) is 0 Å². The third kappa shape index (κ3) is 5.88. The van der Waals surface area contributed by atoms with Crippen LogP contribution < -0.4 is 5.32 Å². The van der Waals surface area contributed by atoms with E-state index in [0.717, 1.165) is 0 Å². The molecule has 8 heavy (non-hydrogen) atoms. The predicted molar refractivity (Wildman–Crippen MR) is 33.6 cm³/mol. The molecule has 3 heteroatoms. The normalized spacial score (nSPS) is 10.5. The summed E-state index contributed by atoms with van der Waals surface area (Å²) in [6.45, 7) is 1.30. The van der Waals surface area contributed by atoms with Crippen molar-refractivity contribution < 1.29 is 4.74 Å². The monoisotopic (exact) mass is 118 g/mol. The van der Waals surface area contributed by atoms with E-state index in [9.17, 15) is 0 Å². The molecule has 0 bridgehead atoms. The van der Waals surface area contributed by atoms with Crippen molar-refractivity contribution >= 4 is 0 Å². The molecule has 0 saturated carbocycles. The predicted octanol–water partition coefficient (Wildman–Crippen LogP) is -0.301. The molecule has 0 aromatic carbocycles. The molecule has 0 radical (unpaired) electrons. The molecule has 0 spiro atoms. The summed E-state index contributed by atoms with van der Waals surface area (Å²) in [7, 11) is 5.79. The van der Waals surface area contributed by atoms with Crippen LogP contribution in [0.1, 0.15) is 0 Å². The van der Waals surface area contributed by atoms with Gasteiger partial charge in [-0.3, -0.25) is 10.2 Å². The van der Waals surface area contributed by atoms with Crippen LogP contribution in [0.15, 0.2) is 0 Å². The quantitative estimate of drug-likeness (QED) is 0.405. The van der Waals surface area contributed by atoms with Crippen LogP contribution in [-0.2, 0) is 4.74 Å². The SMILES string of the molecule is CNCOCN(C)C. The van der Waals surface area contributed by atoms with Crippen molar-refractivity contribution in [3.63, 3.8) is 0 Å². The lowest BCUT2D eigenvalue weighted by molar-refractivity contribution is 0.0480. The smallest absolute Gasteiger partial charge is 0.100 e. The largest absolute Gasteiger partial charge is 0.351 e. The standard InChI is InChI=1S/C5H14N2O/c1-6-4-8-5-7(2)3/h6H,4-5H2,1-3H3. The van der Waals surface area contributed by atoms with E-state index < -0.39 is 0 Å². The van der Waals surface area contributed by atoms with Gasteiger partial charge in [-0.25, -0.2) is 0 Å². The minimum Gasteiger partial charge on any atom is -0.351 e. The molecule has 0 aliphatic heterocycles. The molecule has 0 amide bonds. The zero-order valence-corrected chi connectivity index (χ0v) is 5.77. The molecule has 0 rings (SSSR count). The first-order chi connectivity index (χ1) is 3.77. The van der Waals surface area contributed by atoms with Gasteiger partial charge in [-0.1, -0.05) is 0 Å². The Morgan fingerprint density at radius 1 is 1.50 bits per heavy atom. The van der Waals surface area contributed by atoms with Gasteiger partial charge in [0.2, 0.25) is 0 Å². The molecule has 1 N–H and O–H groups in total. The second kappa shape index (κ2) is 5.03. The van der Waals surface area contributed by atoms with Gasteiger partial charge in [0, 0.05) is 0 Å². The van der Waals surface area contributed by atoms with Crippen LogP contribution in [0.5, 0.6) is 0 Å². The van der Waals surface area contributed by atoms with Gasteiger partial charge in [0.05, 0.1) is 6.73 Å². The van der Waals surface area contributed by atoms with Crippen molar-refractivity contribution in [3.8, 4) is 0 Å². The van der Waals surface area contributed by atoms with E-state index in [1.807, 2.05) is 26.0 Å². The van der Waals surface area contributed by atoms with E-state index in [1.165, 1.54) is 0 Å². The Morgan fingerprint density at radius 3 is 2.50 bits per heavy atom. The van der Waals surface area contributed by atoms with Gasteiger partial charge >= 0.3 is 0 Å². The highest BCUT2D eigenvalue weighted by molar-refractivity contribution is 4.24. The minimum atomic E-state index is 0.623. The summed E-state index contributed by atoms with van der Waals surface area (Å²) in [4.78, 5) is 1.97. The average Bonchev–Trinajstić information content (AvgIpc) is 1.66. The average molecular weight is 118 g/mol. The van der Waals surface area contributed by atoms with Gasteiger partial charge in [-0.2, -0.15) is 0 Å². The fraction of sp³-hybridized carbons (Fsp3) is 1.00. The second-order valence-electron chi connectivity index (χ2n) is 1.91. The van der Waals surface area contributed by atoms with Crippen LogP contribution in [0.25, 0.3) is 0 Å². The van der Waals surface area contributed by atoms with Crippen molar-refractivity contribution in [2.75, 3.05) is 34.6 Å². The highest BCUT2D eigenvalue weighted by Gasteiger charge is 1.84. The first-order valence-electron chi connectivity index (χ1n) is 2.64. The van der Waals surface area contributed by atoms with Crippen LogP contribution in [0.4, 0.5) is 0 Å². The number of ether oxygens (including phenoxy) is 1. The Bertz CT molecular complexity index is 47.7. The maximum atomic E-state index is 5.06. The molecule has 0 fully saturated rings. The summed E-state index contributed by atoms with van der Waals surface area (Å²) < 4.78 is 5.06. The molecular weight excluding hydrogens is 104 g/mol. The maximum absolute atomic E-state index is 5.06. The number of nitrogens with zero attached hydrogens (tertiary/aromatic N) is 1. The Hall–Kier alpha value is -0.120. The van der Waals surface area contributed by atoms with Gasteiger partial charge in [-0.05, 0) is 21.1 Å². The fourth-order valence-corrected chi connectivity index (χ4v) is 0.330. The van der Waals surface area contributed by atoms with Crippen molar-refractivity contribution in [3.05, 3.63) is 0 Å². The lowest BCUT2D eigenvalue weighted by Crippen LogP contribution is -2.21. The molecule has 0 aliphatic rings. The molecule has 0 unspecified atom stereocenters. The van der Waals surface area contributed by atoms with Crippen molar-refractivity contribution in [1.29, 1.82) is 0 Å². The summed E-state index contributed by atoms with van der Waals surface area (Å²) >= 11 is 0. The van der Waals surface area contributed by atoms with Gasteiger partial charge < -0.3 is 4.74 Å². The summed E-state index contributed by atoms with van der Waals surface area (Å²) in [5.41, 5.74) is 0. The van der Waals surface area contributed by atoms with Crippen LogP contribution in [-0.4, -0.2) is 39.5 Å². The molecule has 0 aromatic rings. The van der Waals surface area contributed by atoms with Crippen LogP contribution in [0.2, 0.25) is 0 Å². The zero-order chi connectivity index (χ0) is 6.41. The van der Waals surface area contributed by atoms with E-state index in [1.54, 1.807) is 0 Å². The lowest BCUT2D eigenvalue weighted by Gasteiger charge is -2.08. The molecule has 50 valence electrons. The zero-order valence-electron chi connectivity index (χ0n) is 5.77. The molecule has 3 nitrogen and oxygen atoms in total. The summed E-state index contributed by atoms with van der Waals surface area (Å²) in [5.74, 6) is 0. The second-order valence-corrected chi connectivity index (χ2v) is 1.91. The third-order valence-electron chi connectivity index (χ3n) is 0.596. The highest BCUT2D eigenvalue weighted by atomic mass is 16.5. The molecule has 0 saturated heterocycles. The Balaban J connectivity index is 2.72. The van der Waals surface area contributed by atoms with Crippen molar-refractivity contribution in [2.24, 2.45) is 0 Å². The first kappa shape index (κ1) is 7.88. The van der Waals surface area contributed by atoms with Gasteiger partial charge in [-0.15, -0.1) is 0 Å². The summed E-state index contributed by atoms with van der Waals surface area (Å²) in [6, 6.07) is 0. The first-order valence-corrected chi connectivity index (χ1v) is 2.64.